The maximum Gasteiger partial charge on any atom is 0.0850 e. The molecule has 2 heterocycles. The van der Waals surface area contributed by atoms with E-state index >= 15 is 0 Å². The lowest BCUT2D eigenvalue weighted by Crippen LogP contribution is -2.45. The lowest BCUT2D eigenvalue weighted by atomic mass is 9.84. The summed E-state index contributed by atoms with van der Waals surface area (Å²) in [7, 11) is 1.88. The first-order valence-corrected chi connectivity index (χ1v) is 7.30. The third-order valence-electron chi connectivity index (χ3n) is 3.80. The van der Waals surface area contributed by atoms with E-state index in [4.69, 9.17) is 16.3 Å². The molecule has 1 aromatic rings. The zero-order valence-electron chi connectivity index (χ0n) is 12.1. The maximum absolute atomic E-state index is 10.8. The van der Waals surface area contributed by atoms with Crippen LogP contribution in [-0.4, -0.2) is 32.7 Å². The highest BCUT2D eigenvalue weighted by atomic mass is 35.5. The van der Waals surface area contributed by atoms with E-state index in [0.717, 1.165) is 17.8 Å². The second kappa shape index (κ2) is 5.43. The SMILES string of the molecule is CCc1nn(C)c(CC2(O)CC(C)OC(C)C2)c1Cl. The standard InChI is InChI=1S/C14H23ClN2O2/c1-5-11-13(15)12(17(4)16-11)8-14(18)6-9(2)19-10(3)7-14/h9-10,18H,5-8H2,1-4H3. The highest BCUT2D eigenvalue weighted by Crippen LogP contribution is 2.34. The average Bonchev–Trinajstić information content (AvgIpc) is 2.54. The Kier molecular flexibility index (Phi) is 4.23. The van der Waals surface area contributed by atoms with Crippen LogP contribution in [0.15, 0.2) is 0 Å². The van der Waals surface area contributed by atoms with E-state index in [0.29, 0.717) is 24.3 Å². The van der Waals surface area contributed by atoms with Gasteiger partial charge in [-0.1, -0.05) is 18.5 Å². The van der Waals surface area contributed by atoms with Crippen LogP contribution in [0.1, 0.15) is 45.0 Å². The molecule has 19 heavy (non-hydrogen) atoms. The third kappa shape index (κ3) is 3.12. The van der Waals surface area contributed by atoms with Gasteiger partial charge in [0.05, 0.1) is 34.2 Å². The Bertz CT molecular complexity index is 449. The largest absolute Gasteiger partial charge is 0.389 e. The zero-order chi connectivity index (χ0) is 14.2. The molecule has 5 heteroatoms. The van der Waals surface area contributed by atoms with Gasteiger partial charge in [0.2, 0.25) is 0 Å². The summed E-state index contributed by atoms with van der Waals surface area (Å²) in [6, 6.07) is 0. The summed E-state index contributed by atoms with van der Waals surface area (Å²) in [6.07, 6.45) is 2.77. The van der Waals surface area contributed by atoms with E-state index in [1.165, 1.54) is 0 Å². The molecule has 0 saturated carbocycles. The second-order valence-electron chi connectivity index (χ2n) is 5.75. The first-order valence-electron chi connectivity index (χ1n) is 6.92. The summed E-state index contributed by atoms with van der Waals surface area (Å²) >= 11 is 6.36. The van der Waals surface area contributed by atoms with Crippen molar-refractivity contribution in [1.82, 2.24) is 9.78 Å². The van der Waals surface area contributed by atoms with Gasteiger partial charge in [-0.05, 0) is 20.3 Å². The van der Waals surface area contributed by atoms with Crippen molar-refractivity contribution in [2.45, 2.75) is 64.3 Å². The predicted octanol–water partition coefficient (Wildman–Crippen LogP) is 2.50. The molecule has 4 nitrogen and oxygen atoms in total. The molecule has 1 aliphatic rings. The molecule has 2 atom stereocenters. The molecule has 1 fully saturated rings. The number of aromatic nitrogens is 2. The van der Waals surface area contributed by atoms with Gasteiger partial charge in [0, 0.05) is 26.3 Å². The van der Waals surface area contributed by atoms with Crippen molar-refractivity contribution in [3.8, 4) is 0 Å². The minimum absolute atomic E-state index is 0.0754. The molecule has 1 saturated heterocycles. The molecular formula is C14H23ClN2O2. The minimum atomic E-state index is -0.750. The van der Waals surface area contributed by atoms with Gasteiger partial charge in [0.1, 0.15) is 0 Å². The molecule has 2 rings (SSSR count). The Hall–Kier alpha value is -0.580. The molecule has 108 valence electrons. The first kappa shape index (κ1) is 14.8. The van der Waals surface area contributed by atoms with Gasteiger partial charge in [0.15, 0.2) is 0 Å². The van der Waals surface area contributed by atoms with Crippen molar-refractivity contribution < 1.29 is 9.84 Å². The number of aliphatic hydroxyl groups is 1. The summed E-state index contributed by atoms with van der Waals surface area (Å²) in [5, 5.41) is 15.9. The Morgan fingerprint density at radius 3 is 2.47 bits per heavy atom. The third-order valence-corrected chi connectivity index (χ3v) is 4.24. The number of hydrogen-bond donors (Lipinski definition) is 1. The molecular weight excluding hydrogens is 264 g/mol. The maximum atomic E-state index is 10.8. The van der Waals surface area contributed by atoms with Crippen molar-refractivity contribution in [3.63, 3.8) is 0 Å². The fourth-order valence-corrected chi connectivity index (χ4v) is 3.47. The quantitative estimate of drug-likeness (QED) is 0.929. The van der Waals surface area contributed by atoms with Crippen LogP contribution in [0.4, 0.5) is 0 Å². The van der Waals surface area contributed by atoms with Gasteiger partial charge in [-0.2, -0.15) is 5.10 Å². The highest BCUT2D eigenvalue weighted by Gasteiger charge is 2.38. The van der Waals surface area contributed by atoms with Crippen LogP contribution in [0.5, 0.6) is 0 Å². The summed E-state index contributed by atoms with van der Waals surface area (Å²) in [6.45, 7) is 6.04. The van der Waals surface area contributed by atoms with Gasteiger partial charge in [-0.25, -0.2) is 0 Å². The normalized spacial score (nSPS) is 31.7. The Morgan fingerprint density at radius 2 is 2.00 bits per heavy atom. The number of hydrogen-bond acceptors (Lipinski definition) is 3. The van der Waals surface area contributed by atoms with E-state index in [9.17, 15) is 5.11 Å². The molecule has 1 N–H and O–H groups in total. The molecule has 0 spiro atoms. The van der Waals surface area contributed by atoms with Crippen LogP contribution in [-0.2, 0) is 24.6 Å². The minimum Gasteiger partial charge on any atom is -0.389 e. The van der Waals surface area contributed by atoms with Gasteiger partial charge in [-0.3, -0.25) is 4.68 Å². The van der Waals surface area contributed by atoms with E-state index < -0.39 is 5.60 Å². The van der Waals surface area contributed by atoms with E-state index in [-0.39, 0.29) is 12.2 Å². The second-order valence-corrected chi connectivity index (χ2v) is 6.13. The van der Waals surface area contributed by atoms with Crippen molar-refractivity contribution in [1.29, 1.82) is 0 Å². The highest BCUT2D eigenvalue weighted by molar-refractivity contribution is 6.31. The lowest BCUT2D eigenvalue weighted by Gasteiger charge is -2.39. The first-order chi connectivity index (χ1) is 8.84. The molecule has 0 aromatic carbocycles. The van der Waals surface area contributed by atoms with Crippen LogP contribution in [0, 0.1) is 0 Å². The van der Waals surface area contributed by atoms with Crippen LogP contribution in [0.3, 0.4) is 0 Å². The molecule has 2 unspecified atom stereocenters. The van der Waals surface area contributed by atoms with Crippen molar-refractivity contribution in [2.24, 2.45) is 7.05 Å². The zero-order valence-corrected chi connectivity index (χ0v) is 12.9. The number of nitrogens with zero attached hydrogens (tertiary/aromatic N) is 2. The number of rotatable bonds is 3. The predicted molar refractivity (Wildman–Crippen MR) is 75.5 cm³/mol. The lowest BCUT2D eigenvalue weighted by molar-refractivity contribution is -0.131. The Labute approximate surface area is 119 Å². The van der Waals surface area contributed by atoms with Crippen LogP contribution >= 0.6 is 11.6 Å². The summed E-state index contributed by atoms with van der Waals surface area (Å²) < 4.78 is 7.49. The van der Waals surface area contributed by atoms with Crippen LogP contribution in [0.2, 0.25) is 5.02 Å². The van der Waals surface area contributed by atoms with Gasteiger partial charge in [0.25, 0.3) is 0 Å². The van der Waals surface area contributed by atoms with Crippen molar-refractivity contribution in [3.05, 3.63) is 16.4 Å². The van der Waals surface area contributed by atoms with Gasteiger partial charge >= 0.3 is 0 Å². The fraction of sp³-hybridized carbons (Fsp3) is 0.786. The van der Waals surface area contributed by atoms with Gasteiger partial charge < -0.3 is 9.84 Å². The molecule has 0 amide bonds. The van der Waals surface area contributed by atoms with E-state index in [1.807, 2.05) is 27.8 Å². The number of halogens is 1. The molecule has 0 bridgehead atoms. The van der Waals surface area contributed by atoms with Gasteiger partial charge in [-0.15, -0.1) is 0 Å². The van der Waals surface area contributed by atoms with Crippen molar-refractivity contribution in [2.75, 3.05) is 0 Å². The molecule has 0 radical (unpaired) electrons. The number of ether oxygens (including phenoxy) is 1. The number of aryl methyl sites for hydroxylation is 2. The Morgan fingerprint density at radius 1 is 1.42 bits per heavy atom. The summed E-state index contributed by atoms with van der Waals surface area (Å²) in [5.41, 5.74) is 1.07. The average molecular weight is 287 g/mol. The monoisotopic (exact) mass is 286 g/mol. The van der Waals surface area contributed by atoms with E-state index in [2.05, 4.69) is 5.10 Å². The molecule has 1 aromatic heterocycles. The van der Waals surface area contributed by atoms with Crippen molar-refractivity contribution >= 4 is 11.6 Å². The molecule has 0 aliphatic carbocycles. The van der Waals surface area contributed by atoms with Crippen LogP contribution in [0.25, 0.3) is 0 Å². The van der Waals surface area contributed by atoms with Crippen LogP contribution < -0.4 is 0 Å². The summed E-state index contributed by atoms with van der Waals surface area (Å²) in [4.78, 5) is 0. The smallest absolute Gasteiger partial charge is 0.0850 e. The Balaban J connectivity index is 2.22. The summed E-state index contributed by atoms with van der Waals surface area (Å²) in [5.74, 6) is 0. The van der Waals surface area contributed by atoms with E-state index in [1.54, 1.807) is 4.68 Å². The topological polar surface area (TPSA) is 47.3 Å². The fourth-order valence-electron chi connectivity index (χ4n) is 3.11. The molecule has 1 aliphatic heterocycles.